The van der Waals surface area contributed by atoms with Crippen LogP contribution in [0.25, 0.3) is 0 Å². The topological polar surface area (TPSA) is 67.8 Å². The highest BCUT2D eigenvalue weighted by molar-refractivity contribution is 5.91. The summed E-state index contributed by atoms with van der Waals surface area (Å²) >= 11 is 0. The second-order valence-corrected chi connectivity index (χ2v) is 3.84. The van der Waals surface area contributed by atoms with E-state index in [0.717, 1.165) is 24.0 Å². The Morgan fingerprint density at radius 2 is 2.11 bits per heavy atom. The molecule has 2 heterocycles. The van der Waals surface area contributed by atoms with Crippen LogP contribution in [-0.4, -0.2) is 61.4 Å². The van der Waals surface area contributed by atoms with E-state index in [1.165, 1.54) is 20.4 Å². The minimum Gasteiger partial charge on any atom is -0.378 e. The fourth-order valence-electron chi connectivity index (χ4n) is 1.63. The average Bonchev–Trinajstić information content (AvgIpc) is 2.47. The predicted molar refractivity (Wildman–Crippen MR) is 64.2 cm³/mol. The molecule has 18 heavy (non-hydrogen) atoms. The van der Waals surface area contributed by atoms with Crippen molar-refractivity contribution >= 4 is 11.7 Å². The van der Waals surface area contributed by atoms with Crippen LogP contribution in [0.5, 0.6) is 0 Å². The van der Waals surface area contributed by atoms with Crippen molar-refractivity contribution in [1.82, 2.24) is 15.0 Å². The van der Waals surface area contributed by atoms with Gasteiger partial charge in [-0.05, 0) is 0 Å². The van der Waals surface area contributed by atoms with Crippen molar-refractivity contribution in [2.24, 2.45) is 0 Å². The van der Waals surface area contributed by atoms with Crippen LogP contribution < -0.4 is 4.90 Å². The van der Waals surface area contributed by atoms with Crippen molar-refractivity contribution in [3.05, 3.63) is 18.1 Å². The maximum absolute atomic E-state index is 11.7. The zero-order valence-electron chi connectivity index (χ0n) is 10.5. The van der Waals surface area contributed by atoms with Crippen LogP contribution in [0.4, 0.5) is 5.82 Å². The molecular formula is C11H16N4O3. The number of amides is 1. The number of hydroxylamine groups is 2. The number of hydrogen-bond donors (Lipinski definition) is 0. The van der Waals surface area contributed by atoms with Crippen molar-refractivity contribution in [2.45, 2.75) is 0 Å². The maximum atomic E-state index is 11.7. The molecule has 0 unspecified atom stereocenters. The van der Waals surface area contributed by atoms with Gasteiger partial charge < -0.3 is 9.64 Å². The Morgan fingerprint density at radius 1 is 1.39 bits per heavy atom. The summed E-state index contributed by atoms with van der Waals surface area (Å²) < 4.78 is 5.26. The standard InChI is InChI=1S/C11H16N4O3/c1-14(17-2)11(16)9-7-13-10(8-12-9)15-3-5-18-6-4-15/h7-8H,3-6H2,1-2H3. The third kappa shape index (κ3) is 2.74. The number of morpholine rings is 1. The van der Waals surface area contributed by atoms with Gasteiger partial charge in [0.05, 0.1) is 32.7 Å². The highest BCUT2D eigenvalue weighted by Gasteiger charge is 2.16. The molecule has 0 aliphatic carbocycles. The van der Waals surface area contributed by atoms with E-state index in [-0.39, 0.29) is 11.6 Å². The Balaban J connectivity index is 2.07. The second kappa shape index (κ2) is 5.74. The minimum atomic E-state index is -0.321. The largest absolute Gasteiger partial charge is 0.378 e. The Morgan fingerprint density at radius 3 is 2.67 bits per heavy atom. The fraction of sp³-hybridized carbons (Fsp3) is 0.545. The van der Waals surface area contributed by atoms with Crippen LogP contribution in [0.3, 0.4) is 0 Å². The van der Waals surface area contributed by atoms with E-state index >= 15 is 0 Å². The molecule has 98 valence electrons. The lowest BCUT2D eigenvalue weighted by atomic mass is 10.4. The number of ether oxygens (including phenoxy) is 1. The number of anilines is 1. The van der Waals surface area contributed by atoms with Crippen LogP contribution in [-0.2, 0) is 9.57 Å². The lowest BCUT2D eigenvalue weighted by Crippen LogP contribution is -2.37. The summed E-state index contributed by atoms with van der Waals surface area (Å²) in [5, 5.41) is 1.11. The highest BCUT2D eigenvalue weighted by atomic mass is 16.7. The number of carbonyl (C=O) groups excluding carboxylic acids is 1. The molecule has 1 saturated heterocycles. The molecule has 0 aromatic carbocycles. The quantitative estimate of drug-likeness (QED) is 0.702. The van der Waals surface area contributed by atoms with Crippen LogP contribution in [0.2, 0.25) is 0 Å². The third-order valence-corrected chi connectivity index (χ3v) is 2.75. The number of hydrogen-bond acceptors (Lipinski definition) is 6. The zero-order chi connectivity index (χ0) is 13.0. The van der Waals surface area contributed by atoms with Gasteiger partial charge in [-0.3, -0.25) is 9.63 Å². The minimum absolute atomic E-state index is 0.261. The van der Waals surface area contributed by atoms with Crippen molar-refractivity contribution in [3.8, 4) is 0 Å². The molecule has 1 amide bonds. The molecule has 0 atom stereocenters. The smallest absolute Gasteiger partial charge is 0.297 e. The van der Waals surface area contributed by atoms with Crippen molar-refractivity contribution < 1.29 is 14.4 Å². The normalized spacial score (nSPS) is 15.6. The van der Waals surface area contributed by atoms with Gasteiger partial charge in [0.1, 0.15) is 11.5 Å². The number of carbonyl (C=O) groups is 1. The number of rotatable bonds is 3. The Bertz CT molecular complexity index is 403. The summed E-state index contributed by atoms with van der Waals surface area (Å²) in [5.74, 6) is 0.438. The van der Waals surface area contributed by atoms with Crippen LogP contribution in [0.15, 0.2) is 12.4 Å². The molecular weight excluding hydrogens is 236 g/mol. The molecule has 1 aliphatic rings. The molecule has 1 aromatic rings. The number of nitrogens with zero attached hydrogens (tertiary/aromatic N) is 4. The van der Waals surface area contributed by atoms with Crippen molar-refractivity contribution in [1.29, 1.82) is 0 Å². The summed E-state index contributed by atoms with van der Waals surface area (Å²) in [6, 6.07) is 0. The average molecular weight is 252 g/mol. The Hall–Kier alpha value is -1.73. The first-order valence-electron chi connectivity index (χ1n) is 5.69. The van der Waals surface area contributed by atoms with Gasteiger partial charge in [0.25, 0.3) is 5.91 Å². The molecule has 0 radical (unpaired) electrons. The van der Waals surface area contributed by atoms with Gasteiger partial charge >= 0.3 is 0 Å². The summed E-state index contributed by atoms with van der Waals surface area (Å²) in [6.07, 6.45) is 3.06. The van der Waals surface area contributed by atoms with Gasteiger partial charge in [-0.25, -0.2) is 15.0 Å². The van der Waals surface area contributed by atoms with E-state index in [1.807, 2.05) is 0 Å². The van der Waals surface area contributed by atoms with Crippen LogP contribution in [0.1, 0.15) is 10.5 Å². The van der Waals surface area contributed by atoms with E-state index in [2.05, 4.69) is 14.9 Å². The van der Waals surface area contributed by atoms with E-state index < -0.39 is 0 Å². The molecule has 1 fully saturated rings. The molecule has 2 rings (SSSR count). The van der Waals surface area contributed by atoms with Gasteiger partial charge in [-0.1, -0.05) is 0 Å². The van der Waals surface area contributed by atoms with Gasteiger partial charge in [0.15, 0.2) is 0 Å². The molecule has 1 aliphatic heterocycles. The first-order chi connectivity index (χ1) is 8.72. The summed E-state index contributed by atoms with van der Waals surface area (Å²) in [6.45, 7) is 2.96. The van der Waals surface area contributed by atoms with E-state index in [1.54, 1.807) is 6.20 Å². The molecule has 7 nitrogen and oxygen atoms in total. The summed E-state index contributed by atoms with van der Waals surface area (Å²) in [7, 11) is 2.95. The maximum Gasteiger partial charge on any atom is 0.297 e. The lowest BCUT2D eigenvalue weighted by molar-refractivity contribution is -0.0760. The fourth-order valence-corrected chi connectivity index (χ4v) is 1.63. The first-order valence-corrected chi connectivity index (χ1v) is 5.69. The number of aromatic nitrogens is 2. The second-order valence-electron chi connectivity index (χ2n) is 3.84. The van der Waals surface area contributed by atoms with Crippen LogP contribution >= 0.6 is 0 Å². The molecule has 0 saturated carbocycles. The lowest BCUT2D eigenvalue weighted by Gasteiger charge is -2.27. The monoisotopic (exact) mass is 252 g/mol. The van der Waals surface area contributed by atoms with Crippen LogP contribution in [0, 0.1) is 0 Å². The van der Waals surface area contributed by atoms with Crippen molar-refractivity contribution in [3.63, 3.8) is 0 Å². The molecule has 0 bridgehead atoms. The summed E-state index contributed by atoms with van der Waals surface area (Å²) in [5.41, 5.74) is 0.261. The first kappa shape index (κ1) is 12.7. The Labute approximate surface area is 105 Å². The van der Waals surface area contributed by atoms with Gasteiger partial charge in [0.2, 0.25) is 0 Å². The predicted octanol–water partition coefficient (Wildman–Crippen LogP) is -0.0534. The molecule has 0 spiro atoms. The van der Waals surface area contributed by atoms with Gasteiger partial charge in [-0.2, -0.15) is 0 Å². The molecule has 1 aromatic heterocycles. The van der Waals surface area contributed by atoms with Crippen molar-refractivity contribution in [2.75, 3.05) is 45.4 Å². The van der Waals surface area contributed by atoms with E-state index in [4.69, 9.17) is 9.57 Å². The summed E-state index contributed by atoms with van der Waals surface area (Å²) in [4.78, 5) is 27.0. The van der Waals surface area contributed by atoms with E-state index in [0.29, 0.717) is 13.2 Å². The highest BCUT2D eigenvalue weighted by Crippen LogP contribution is 2.11. The van der Waals surface area contributed by atoms with E-state index in [9.17, 15) is 4.79 Å². The third-order valence-electron chi connectivity index (χ3n) is 2.75. The molecule has 7 heteroatoms. The van der Waals surface area contributed by atoms with Gasteiger partial charge in [-0.15, -0.1) is 0 Å². The van der Waals surface area contributed by atoms with Gasteiger partial charge in [0, 0.05) is 20.1 Å². The molecule has 0 N–H and O–H groups in total. The Kier molecular flexibility index (Phi) is 4.06. The SMILES string of the molecule is CON(C)C(=O)c1cnc(N2CCOCC2)cn1. The zero-order valence-corrected chi connectivity index (χ0v) is 10.5.